The van der Waals surface area contributed by atoms with Crippen LogP contribution in [0.5, 0.6) is 11.5 Å². The Bertz CT molecular complexity index is 1390. The molecule has 202 valence electrons. The van der Waals surface area contributed by atoms with E-state index in [1.54, 1.807) is 7.05 Å². The molecule has 8 nitrogen and oxygen atoms in total. The summed E-state index contributed by atoms with van der Waals surface area (Å²) in [7, 11) is -2.01. The number of piperidine rings is 1. The third-order valence-corrected chi connectivity index (χ3v) is 11.3. The lowest BCUT2D eigenvalue weighted by molar-refractivity contribution is -0.0714. The fraction of sp³-hybridized carbons (Fsp3) is 0.483. The highest BCUT2D eigenvalue weighted by Crippen LogP contribution is 2.64. The number of benzene rings is 2. The maximum Gasteiger partial charge on any atom is 0.218 e. The number of hydrogen-bond acceptors (Lipinski definition) is 7. The Hall–Kier alpha value is -2.72. The zero-order valence-corrected chi connectivity index (χ0v) is 22.4. The van der Waals surface area contributed by atoms with Crippen molar-refractivity contribution in [3.05, 3.63) is 71.3 Å². The second kappa shape index (κ2) is 9.19. The Morgan fingerprint density at radius 1 is 1.29 bits per heavy atom. The number of ketones is 1. The Morgan fingerprint density at radius 3 is 2.76 bits per heavy atom. The van der Waals surface area contributed by atoms with Gasteiger partial charge in [0.15, 0.2) is 17.3 Å². The Balaban J connectivity index is 1.46. The van der Waals surface area contributed by atoms with E-state index in [0.717, 1.165) is 42.6 Å². The third-order valence-electron chi connectivity index (χ3n) is 9.43. The highest BCUT2D eigenvalue weighted by Gasteiger charge is 2.67. The van der Waals surface area contributed by atoms with E-state index in [1.165, 1.54) is 10.4 Å². The minimum atomic E-state index is -3.65. The van der Waals surface area contributed by atoms with Crippen LogP contribution in [0.4, 0.5) is 0 Å². The monoisotopic (exact) mass is 538 g/mol. The van der Waals surface area contributed by atoms with Crippen LogP contribution >= 0.6 is 0 Å². The quantitative estimate of drug-likeness (QED) is 0.393. The number of ether oxygens (including phenoxy) is 1. The van der Waals surface area contributed by atoms with Crippen LogP contribution < -0.4 is 4.74 Å². The van der Waals surface area contributed by atoms with Crippen molar-refractivity contribution >= 4 is 15.8 Å². The van der Waals surface area contributed by atoms with Gasteiger partial charge in [-0.2, -0.15) is 4.31 Å². The number of phenolic OH excluding ortho intramolecular Hbond substituents is 1. The van der Waals surface area contributed by atoms with Gasteiger partial charge in [0.1, 0.15) is 12.7 Å². The van der Waals surface area contributed by atoms with E-state index in [2.05, 4.69) is 11.5 Å². The summed E-state index contributed by atoms with van der Waals surface area (Å²) >= 11 is 0. The molecule has 2 aromatic carbocycles. The number of aliphatic hydroxyl groups excluding tert-OH is 1. The fourth-order valence-corrected chi connectivity index (χ4v) is 9.32. The molecule has 2 bridgehead atoms. The topological polar surface area (TPSA) is 107 Å². The molecule has 5 atom stereocenters. The lowest BCUT2D eigenvalue weighted by atomic mass is 9.50. The Kier molecular flexibility index (Phi) is 6.18. The number of aromatic hydroxyl groups is 1. The van der Waals surface area contributed by atoms with E-state index < -0.39 is 40.0 Å². The van der Waals surface area contributed by atoms with Gasteiger partial charge in [-0.1, -0.05) is 36.4 Å². The van der Waals surface area contributed by atoms with E-state index >= 15 is 0 Å². The molecule has 1 saturated carbocycles. The largest absolute Gasteiger partial charge is 0.504 e. The Labute approximate surface area is 223 Å². The van der Waals surface area contributed by atoms with Gasteiger partial charge in [-0.25, -0.2) is 8.42 Å². The highest BCUT2D eigenvalue weighted by atomic mass is 32.2. The normalized spacial score (nSPS) is 29.6. The number of aliphatic hydroxyl groups is 1. The van der Waals surface area contributed by atoms with Crippen molar-refractivity contribution in [1.29, 1.82) is 0 Å². The van der Waals surface area contributed by atoms with Crippen molar-refractivity contribution < 1.29 is 28.2 Å². The molecule has 2 N–H and O–H groups in total. The summed E-state index contributed by atoms with van der Waals surface area (Å²) in [5.74, 6) is -0.0855. The molecule has 0 radical (unpaired) electrons. The average molecular weight is 539 g/mol. The first-order chi connectivity index (χ1) is 18.2. The van der Waals surface area contributed by atoms with Gasteiger partial charge in [0.05, 0.1) is 11.8 Å². The molecule has 2 aliphatic heterocycles. The number of hydrogen-bond donors (Lipinski definition) is 2. The van der Waals surface area contributed by atoms with Gasteiger partial charge in [0.2, 0.25) is 10.0 Å². The first kappa shape index (κ1) is 25.6. The number of Topliss-reactive ketones (excluding diaryl/α,β-unsaturated/α-hetero) is 1. The number of phenols is 1. The van der Waals surface area contributed by atoms with Gasteiger partial charge < -0.3 is 14.9 Å². The van der Waals surface area contributed by atoms with Crippen molar-refractivity contribution in [2.24, 2.45) is 5.92 Å². The molecule has 6 rings (SSSR count). The van der Waals surface area contributed by atoms with Gasteiger partial charge in [0.25, 0.3) is 0 Å². The van der Waals surface area contributed by atoms with Gasteiger partial charge >= 0.3 is 0 Å². The maximum atomic E-state index is 13.6. The van der Waals surface area contributed by atoms with E-state index in [9.17, 15) is 23.4 Å². The molecule has 2 heterocycles. The number of rotatable bonds is 8. The van der Waals surface area contributed by atoms with Gasteiger partial charge in [-0.15, -0.1) is 6.58 Å². The molecule has 1 saturated heterocycles. The molecule has 2 unspecified atom stereocenters. The van der Waals surface area contributed by atoms with Crippen molar-refractivity contribution in [2.75, 3.05) is 26.7 Å². The summed E-state index contributed by atoms with van der Waals surface area (Å²) in [6.45, 7) is 4.81. The SMILES string of the molecule is C=CCN1CC[C@]23c4c5c(C(=O)CO)cc(O)c4OC2C(N(C)S(=O)(=O)Cc2ccccc2)CC[C@H]3[C@H]1C5. The lowest BCUT2D eigenvalue weighted by Gasteiger charge is -2.60. The molecule has 0 amide bonds. The zero-order valence-electron chi connectivity index (χ0n) is 21.5. The van der Waals surface area contributed by atoms with Crippen LogP contribution in [0.25, 0.3) is 0 Å². The van der Waals surface area contributed by atoms with E-state index in [-0.39, 0.29) is 23.5 Å². The first-order valence-electron chi connectivity index (χ1n) is 13.3. The summed E-state index contributed by atoms with van der Waals surface area (Å²) in [6, 6.07) is 10.3. The minimum Gasteiger partial charge on any atom is -0.504 e. The van der Waals surface area contributed by atoms with E-state index in [1.807, 2.05) is 36.4 Å². The molecule has 2 fully saturated rings. The molecular weight excluding hydrogens is 504 g/mol. The molecule has 2 aliphatic carbocycles. The molecule has 1 spiro atoms. The van der Waals surface area contributed by atoms with Gasteiger partial charge in [-0.05, 0) is 55.3 Å². The predicted molar refractivity (Wildman–Crippen MR) is 143 cm³/mol. The number of carbonyl (C=O) groups excluding carboxylic acids is 1. The van der Waals surface area contributed by atoms with E-state index in [4.69, 9.17) is 4.74 Å². The van der Waals surface area contributed by atoms with Crippen LogP contribution in [0.1, 0.15) is 46.3 Å². The number of nitrogens with zero attached hydrogens (tertiary/aromatic N) is 2. The number of likely N-dealkylation sites (N-methyl/N-ethyl adjacent to an activating group) is 1. The summed E-state index contributed by atoms with van der Waals surface area (Å²) in [5, 5.41) is 20.7. The number of sulfonamides is 1. The van der Waals surface area contributed by atoms with Crippen LogP contribution in [0, 0.1) is 5.92 Å². The van der Waals surface area contributed by atoms with Crippen molar-refractivity contribution in [3.63, 3.8) is 0 Å². The average Bonchev–Trinajstić information content (AvgIpc) is 3.25. The summed E-state index contributed by atoms with van der Waals surface area (Å²) in [4.78, 5) is 15.2. The minimum absolute atomic E-state index is 0.0989. The fourth-order valence-electron chi connectivity index (χ4n) is 7.87. The van der Waals surface area contributed by atoms with Gasteiger partial charge in [-0.3, -0.25) is 9.69 Å². The molecule has 9 heteroatoms. The molecule has 0 aromatic heterocycles. The van der Waals surface area contributed by atoms with Crippen LogP contribution in [0.3, 0.4) is 0 Å². The summed E-state index contributed by atoms with van der Waals surface area (Å²) in [6.07, 6.45) is 4.22. The Morgan fingerprint density at radius 2 is 2.05 bits per heavy atom. The predicted octanol–water partition coefficient (Wildman–Crippen LogP) is 2.62. The molecule has 38 heavy (non-hydrogen) atoms. The number of carbonyl (C=O) groups is 1. The van der Waals surface area contributed by atoms with Crippen LogP contribution in [-0.4, -0.2) is 78.6 Å². The maximum absolute atomic E-state index is 13.6. The lowest BCUT2D eigenvalue weighted by Crippen LogP contribution is -2.69. The summed E-state index contributed by atoms with van der Waals surface area (Å²) in [5.41, 5.74) is 2.23. The smallest absolute Gasteiger partial charge is 0.218 e. The molecule has 4 aliphatic rings. The van der Waals surface area contributed by atoms with Crippen LogP contribution in [0.15, 0.2) is 49.1 Å². The first-order valence-corrected chi connectivity index (χ1v) is 14.9. The molecular formula is C29H34N2O6S. The van der Waals surface area contributed by atoms with Crippen molar-refractivity contribution in [3.8, 4) is 11.5 Å². The van der Waals surface area contributed by atoms with Gasteiger partial charge in [0, 0.05) is 36.2 Å². The second-order valence-corrected chi connectivity index (χ2v) is 13.1. The standard InChI is InChI=1S/C29H34N2O6S/c1-3-12-31-13-11-29-21-9-10-22(30(2)38(35,36)17-18-7-5-4-6-8-18)28(29)37-27-24(33)15-19(25(34)16-32)20(26(27)29)14-23(21)31/h3-8,15,21-23,28,32-33H,1,9-14,16-17H2,2H3/t21-,22?,23+,28?,29-/m0/s1. The van der Waals surface area contributed by atoms with Crippen LogP contribution in [0.2, 0.25) is 0 Å². The van der Waals surface area contributed by atoms with Crippen molar-refractivity contribution in [1.82, 2.24) is 9.21 Å². The third kappa shape index (κ3) is 3.59. The van der Waals surface area contributed by atoms with Crippen molar-refractivity contribution in [2.45, 2.75) is 55.0 Å². The summed E-state index contributed by atoms with van der Waals surface area (Å²) < 4.78 is 35.3. The second-order valence-electron chi connectivity index (χ2n) is 11.1. The highest BCUT2D eigenvalue weighted by molar-refractivity contribution is 7.88. The molecule has 2 aromatic rings. The van der Waals surface area contributed by atoms with Crippen LogP contribution in [-0.2, 0) is 27.6 Å². The van der Waals surface area contributed by atoms with E-state index in [0.29, 0.717) is 24.2 Å². The number of likely N-dealkylation sites (tertiary alicyclic amines) is 1. The zero-order chi connectivity index (χ0) is 26.8.